The van der Waals surface area contributed by atoms with E-state index in [4.69, 9.17) is 4.74 Å². The van der Waals surface area contributed by atoms with E-state index >= 15 is 0 Å². The van der Waals surface area contributed by atoms with Gasteiger partial charge in [-0.1, -0.05) is 12.1 Å². The summed E-state index contributed by atoms with van der Waals surface area (Å²) in [4.78, 5) is 12.8. The van der Waals surface area contributed by atoms with Crippen molar-refractivity contribution in [2.45, 2.75) is 23.2 Å². The Hall–Kier alpha value is -2.60. The molecule has 3 rings (SSSR count). The molecule has 2 aromatic carbocycles. The molecule has 0 spiro atoms. The molecule has 1 saturated heterocycles. The van der Waals surface area contributed by atoms with Gasteiger partial charge in [-0.25, -0.2) is 17.5 Å². The number of nitrogens with one attached hydrogen (secondary N) is 2. The van der Waals surface area contributed by atoms with Crippen LogP contribution in [0.4, 0.5) is 15.8 Å². The average Bonchev–Trinajstić information content (AvgIpc) is 2.78. The molecule has 1 aliphatic heterocycles. The Morgan fingerprint density at radius 2 is 1.82 bits per heavy atom. The van der Waals surface area contributed by atoms with Crippen LogP contribution in [0.25, 0.3) is 0 Å². The molecule has 2 N–H and O–H groups in total. The number of likely N-dealkylation sites (N-methyl/N-ethyl adjacent to an activating group) is 1. The van der Waals surface area contributed by atoms with Crippen LogP contribution in [0.15, 0.2) is 47.4 Å². The summed E-state index contributed by atoms with van der Waals surface area (Å²) < 4.78 is 46.5. The minimum absolute atomic E-state index is 0.169. The number of benzene rings is 2. The van der Waals surface area contributed by atoms with E-state index in [1.807, 2.05) is 19.0 Å². The number of sulfonamides is 1. The molecule has 0 aromatic heterocycles. The fraction of sp³-hybridized carbons (Fsp3) is 0.455. The molecule has 9 nitrogen and oxygen atoms in total. The van der Waals surface area contributed by atoms with E-state index in [-0.39, 0.29) is 28.6 Å². The van der Waals surface area contributed by atoms with Gasteiger partial charge in [0.2, 0.25) is 10.0 Å². The molecule has 0 radical (unpaired) electrons. The third-order valence-corrected chi connectivity index (χ3v) is 7.31. The molecule has 1 aliphatic rings. The maximum Gasteiger partial charge on any atom is 0.293 e. The van der Waals surface area contributed by atoms with E-state index < -0.39 is 20.4 Å². The van der Waals surface area contributed by atoms with Crippen LogP contribution < -0.4 is 10.0 Å². The molecule has 33 heavy (non-hydrogen) atoms. The molecule has 0 bridgehead atoms. The van der Waals surface area contributed by atoms with E-state index in [0.29, 0.717) is 39.1 Å². The number of nitrogens with zero attached hydrogens (tertiary/aromatic N) is 2. The van der Waals surface area contributed by atoms with Crippen LogP contribution in [0.2, 0.25) is 0 Å². The van der Waals surface area contributed by atoms with Crippen molar-refractivity contribution in [3.8, 4) is 0 Å². The van der Waals surface area contributed by atoms with Crippen molar-refractivity contribution in [2.24, 2.45) is 0 Å². The lowest BCUT2D eigenvalue weighted by molar-refractivity contribution is -0.384. The van der Waals surface area contributed by atoms with Gasteiger partial charge in [0.1, 0.15) is 11.5 Å². The Morgan fingerprint density at radius 3 is 2.42 bits per heavy atom. The standard InChI is InChI=1S/C22H29FN4O5S/c1-26(2)12-11-25-33(30,31)19-7-8-20(21(15-19)27(28)29)24-16-22(9-13-32-14-10-22)17-3-5-18(23)6-4-17/h3-8,15,24-25H,9-14,16H2,1-2H3. The largest absolute Gasteiger partial charge is 0.381 e. The zero-order valence-electron chi connectivity index (χ0n) is 18.7. The highest BCUT2D eigenvalue weighted by atomic mass is 32.2. The molecule has 0 unspecified atom stereocenters. The highest BCUT2D eigenvalue weighted by molar-refractivity contribution is 7.89. The van der Waals surface area contributed by atoms with Crippen molar-refractivity contribution >= 4 is 21.4 Å². The van der Waals surface area contributed by atoms with Crippen molar-refractivity contribution in [1.82, 2.24) is 9.62 Å². The normalized spacial score (nSPS) is 16.0. The summed E-state index contributed by atoms with van der Waals surface area (Å²) in [5.41, 5.74) is 0.428. The summed E-state index contributed by atoms with van der Waals surface area (Å²) in [6, 6.07) is 10.1. The van der Waals surface area contributed by atoms with Gasteiger partial charge in [0, 0.05) is 44.3 Å². The number of anilines is 1. The van der Waals surface area contributed by atoms with E-state index in [0.717, 1.165) is 11.6 Å². The van der Waals surface area contributed by atoms with Gasteiger partial charge >= 0.3 is 0 Å². The second-order valence-corrected chi connectivity index (χ2v) is 10.2. The summed E-state index contributed by atoms with van der Waals surface area (Å²) in [6.45, 7) is 2.09. The van der Waals surface area contributed by atoms with Crippen molar-refractivity contribution in [1.29, 1.82) is 0 Å². The lowest BCUT2D eigenvalue weighted by atomic mass is 9.74. The average molecular weight is 481 g/mol. The Bertz CT molecular complexity index is 1070. The van der Waals surface area contributed by atoms with Gasteiger partial charge in [-0.05, 0) is 56.8 Å². The summed E-state index contributed by atoms with van der Waals surface area (Å²) in [7, 11) is -0.252. The summed E-state index contributed by atoms with van der Waals surface area (Å²) >= 11 is 0. The molecule has 0 amide bonds. The zero-order chi connectivity index (χ0) is 24.1. The van der Waals surface area contributed by atoms with Crippen LogP contribution in [-0.2, 0) is 20.2 Å². The summed E-state index contributed by atoms with van der Waals surface area (Å²) in [5, 5.41) is 14.9. The number of ether oxygens (including phenoxy) is 1. The molecular weight excluding hydrogens is 451 g/mol. The van der Waals surface area contributed by atoms with Gasteiger partial charge < -0.3 is 15.0 Å². The molecule has 0 saturated carbocycles. The lowest BCUT2D eigenvalue weighted by Gasteiger charge is -2.38. The first-order valence-electron chi connectivity index (χ1n) is 10.6. The molecular formula is C22H29FN4O5S. The highest BCUT2D eigenvalue weighted by Crippen LogP contribution is 2.36. The minimum atomic E-state index is -3.88. The minimum Gasteiger partial charge on any atom is -0.381 e. The van der Waals surface area contributed by atoms with Crippen LogP contribution in [0.5, 0.6) is 0 Å². The second-order valence-electron chi connectivity index (χ2n) is 8.39. The van der Waals surface area contributed by atoms with Gasteiger partial charge in [0.25, 0.3) is 5.69 Å². The number of hydrogen-bond acceptors (Lipinski definition) is 7. The number of hydrogen-bond donors (Lipinski definition) is 2. The van der Waals surface area contributed by atoms with Crippen LogP contribution in [-0.4, -0.2) is 65.2 Å². The fourth-order valence-corrected chi connectivity index (χ4v) is 4.90. The molecule has 180 valence electrons. The van der Waals surface area contributed by atoms with Gasteiger partial charge in [0.05, 0.1) is 9.82 Å². The van der Waals surface area contributed by atoms with Crippen LogP contribution >= 0.6 is 0 Å². The Labute approximate surface area is 193 Å². The first-order chi connectivity index (χ1) is 15.6. The molecule has 0 aliphatic carbocycles. The second kappa shape index (κ2) is 10.6. The van der Waals surface area contributed by atoms with E-state index in [9.17, 15) is 22.9 Å². The number of rotatable bonds is 10. The monoisotopic (exact) mass is 480 g/mol. The van der Waals surface area contributed by atoms with Crippen LogP contribution in [0.1, 0.15) is 18.4 Å². The summed E-state index contributed by atoms with van der Waals surface area (Å²) in [6.07, 6.45) is 1.34. The quantitative estimate of drug-likeness (QED) is 0.397. The van der Waals surface area contributed by atoms with Crippen LogP contribution in [0.3, 0.4) is 0 Å². The van der Waals surface area contributed by atoms with E-state index in [2.05, 4.69) is 10.0 Å². The first-order valence-corrected chi connectivity index (χ1v) is 12.1. The highest BCUT2D eigenvalue weighted by Gasteiger charge is 2.35. The fourth-order valence-electron chi connectivity index (χ4n) is 3.86. The van der Waals surface area contributed by atoms with Gasteiger partial charge in [-0.3, -0.25) is 10.1 Å². The third-order valence-electron chi connectivity index (χ3n) is 5.85. The van der Waals surface area contributed by atoms with E-state index in [1.165, 1.54) is 24.3 Å². The predicted molar refractivity (Wildman–Crippen MR) is 123 cm³/mol. The number of nitro benzene ring substituents is 1. The van der Waals surface area contributed by atoms with Gasteiger partial charge in [-0.15, -0.1) is 0 Å². The third kappa shape index (κ3) is 6.26. The molecule has 1 heterocycles. The number of halogens is 1. The molecule has 2 aromatic rings. The SMILES string of the molecule is CN(C)CCNS(=O)(=O)c1ccc(NCC2(c3ccc(F)cc3)CCOCC2)c([N+](=O)[O-])c1. The Morgan fingerprint density at radius 1 is 1.15 bits per heavy atom. The smallest absolute Gasteiger partial charge is 0.293 e. The van der Waals surface area contributed by atoms with E-state index in [1.54, 1.807) is 12.1 Å². The Kier molecular flexibility index (Phi) is 8.01. The zero-order valence-corrected chi connectivity index (χ0v) is 19.5. The van der Waals surface area contributed by atoms with Gasteiger partial charge in [0.15, 0.2) is 0 Å². The van der Waals surface area contributed by atoms with Crippen molar-refractivity contribution in [3.05, 3.63) is 64.0 Å². The van der Waals surface area contributed by atoms with Crippen molar-refractivity contribution in [3.63, 3.8) is 0 Å². The van der Waals surface area contributed by atoms with Crippen LogP contribution in [0, 0.1) is 15.9 Å². The maximum atomic E-state index is 13.5. The number of nitro groups is 1. The maximum absolute atomic E-state index is 13.5. The summed E-state index contributed by atoms with van der Waals surface area (Å²) in [5.74, 6) is -0.333. The first kappa shape index (κ1) is 25.0. The predicted octanol–water partition coefficient (Wildman–Crippen LogP) is 2.73. The topological polar surface area (TPSA) is 114 Å². The molecule has 11 heteroatoms. The van der Waals surface area contributed by atoms with Crippen molar-refractivity contribution in [2.75, 3.05) is 52.3 Å². The van der Waals surface area contributed by atoms with Crippen molar-refractivity contribution < 1.29 is 22.5 Å². The molecule has 1 fully saturated rings. The Balaban J connectivity index is 1.83. The molecule has 0 atom stereocenters. The lowest BCUT2D eigenvalue weighted by Crippen LogP contribution is -2.40. The van der Waals surface area contributed by atoms with Gasteiger partial charge in [-0.2, -0.15) is 0 Å².